The number of carbonyl (C=O) groups is 2. The molecule has 0 aromatic heterocycles. The number of amides is 1. The van der Waals surface area contributed by atoms with Crippen molar-refractivity contribution in [2.45, 2.75) is 38.5 Å². The van der Waals surface area contributed by atoms with Gasteiger partial charge in [0, 0.05) is 31.5 Å². The number of rotatable bonds is 8. The predicted octanol–water partition coefficient (Wildman–Crippen LogP) is 6.79. The number of nitrogens with one attached hydrogen (secondary N) is 1. The van der Waals surface area contributed by atoms with E-state index < -0.39 is 17.2 Å². The van der Waals surface area contributed by atoms with E-state index in [2.05, 4.69) is 58.7 Å². The molecule has 0 unspecified atom stereocenters. The first-order valence-corrected chi connectivity index (χ1v) is 12.6. The maximum atomic E-state index is 14.2. The second-order valence-corrected chi connectivity index (χ2v) is 10.1. The SMILES string of the molecule is CN(C)c1ccc(-c2ccc(CC3(C(=O)Nc4cc(F)cc(/C=C/C(=O)O)c4)CCCCC3)cc2)cc1. The van der Waals surface area contributed by atoms with Crippen molar-refractivity contribution in [3.63, 3.8) is 0 Å². The normalized spacial score (nSPS) is 14.9. The van der Waals surface area contributed by atoms with Crippen molar-refractivity contribution in [1.82, 2.24) is 0 Å². The number of hydrogen-bond acceptors (Lipinski definition) is 3. The number of carboxylic acid groups (broad SMARTS) is 1. The van der Waals surface area contributed by atoms with Crippen LogP contribution in [-0.2, 0) is 16.0 Å². The van der Waals surface area contributed by atoms with Gasteiger partial charge in [0.05, 0.1) is 5.41 Å². The lowest BCUT2D eigenvalue weighted by Crippen LogP contribution is -2.40. The summed E-state index contributed by atoms with van der Waals surface area (Å²) in [4.78, 5) is 26.5. The van der Waals surface area contributed by atoms with Crippen LogP contribution in [0.25, 0.3) is 17.2 Å². The monoisotopic (exact) mass is 500 g/mol. The lowest BCUT2D eigenvalue weighted by molar-refractivity contribution is -0.131. The van der Waals surface area contributed by atoms with Gasteiger partial charge < -0.3 is 15.3 Å². The largest absolute Gasteiger partial charge is 0.478 e. The lowest BCUT2D eigenvalue weighted by Gasteiger charge is -2.36. The van der Waals surface area contributed by atoms with Gasteiger partial charge in [-0.25, -0.2) is 9.18 Å². The van der Waals surface area contributed by atoms with Gasteiger partial charge >= 0.3 is 5.97 Å². The van der Waals surface area contributed by atoms with Crippen LogP contribution >= 0.6 is 0 Å². The minimum absolute atomic E-state index is 0.116. The van der Waals surface area contributed by atoms with E-state index in [0.717, 1.165) is 60.6 Å². The zero-order valence-corrected chi connectivity index (χ0v) is 21.3. The van der Waals surface area contributed by atoms with Crippen molar-refractivity contribution in [3.05, 3.63) is 89.8 Å². The zero-order valence-electron chi connectivity index (χ0n) is 21.3. The van der Waals surface area contributed by atoms with Crippen LogP contribution < -0.4 is 10.2 Å². The Labute approximate surface area is 217 Å². The van der Waals surface area contributed by atoms with E-state index in [9.17, 15) is 14.0 Å². The molecule has 3 aromatic carbocycles. The van der Waals surface area contributed by atoms with Crippen molar-refractivity contribution in [1.29, 1.82) is 0 Å². The number of carboxylic acids is 1. The van der Waals surface area contributed by atoms with Crippen LogP contribution in [0.4, 0.5) is 15.8 Å². The fraction of sp³-hybridized carbons (Fsp3) is 0.290. The summed E-state index contributed by atoms with van der Waals surface area (Å²) in [5, 5.41) is 11.8. The van der Waals surface area contributed by atoms with Gasteiger partial charge in [0.1, 0.15) is 5.82 Å². The van der Waals surface area contributed by atoms with Crippen LogP contribution in [0.15, 0.2) is 72.8 Å². The molecule has 1 aliphatic carbocycles. The van der Waals surface area contributed by atoms with Crippen LogP contribution in [-0.4, -0.2) is 31.1 Å². The maximum Gasteiger partial charge on any atom is 0.328 e. The molecule has 0 aliphatic heterocycles. The van der Waals surface area contributed by atoms with Crippen molar-refractivity contribution >= 4 is 29.3 Å². The summed E-state index contributed by atoms with van der Waals surface area (Å²) in [6.45, 7) is 0. The molecule has 1 saturated carbocycles. The van der Waals surface area contributed by atoms with Crippen molar-refractivity contribution < 1.29 is 19.1 Å². The summed E-state index contributed by atoms with van der Waals surface area (Å²) < 4.78 is 14.2. The lowest BCUT2D eigenvalue weighted by atomic mass is 9.69. The number of nitrogens with zero attached hydrogens (tertiary/aromatic N) is 1. The molecule has 5 nitrogen and oxygen atoms in total. The molecule has 4 rings (SSSR count). The number of carbonyl (C=O) groups excluding carboxylic acids is 1. The van der Waals surface area contributed by atoms with E-state index in [1.807, 2.05) is 14.1 Å². The van der Waals surface area contributed by atoms with Crippen LogP contribution in [0.5, 0.6) is 0 Å². The summed E-state index contributed by atoms with van der Waals surface area (Å²) in [7, 11) is 4.04. The van der Waals surface area contributed by atoms with Crippen molar-refractivity contribution in [2.24, 2.45) is 5.41 Å². The van der Waals surface area contributed by atoms with Gasteiger partial charge in [0.15, 0.2) is 0 Å². The third-order valence-corrected chi connectivity index (χ3v) is 7.10. The smallest absolute Gasteiger partial charge is 0.328 e. The summed E-state index contributed by atoms with van der Waals surface area (Å²) in [6, 6.07) is 20.9. The van der Waals surface area contributed by atoms with Gasteiger partial charge in [0.25, 0.3) is 0 Å². The summed E-state index contributed by atoms with van der Waals surface area (Å²) in [5.41, 5.74) is 4.64. The number of hydrogen-bond donors (Lipinski definition) is 2. The highest BCUT2D eigenvalue weighted by atomic mass is 19.1. The minimum atomic E-state index is -1.12. The Kier molecular flexibility index (Phi) is 8.07. The molecule has 2 N–H and O–H groups in total. The first kappa shape index (κ1) is 26.1. The molecule has 6 heteroatoms. The Morgan fingerprint density at radius 1 is 0.946 bits per heavy atom. The topological polar surface area (TPSA) is 69.6 Å². The van der Waals surface area contributed by atoms with Crippen molar-refractivity contribution in [2.75, 3.05) is 24.3 Å². The molecule has 37 heavy (non-hydrogen) atoms. The number of benzene rings is 3. The van der Waals surface area contributed by atoms with E-state index in [-0.39, 0.29) is 5.91 Å². The summed E-state index contributed by atoms with van der Waals surface area (Å²) in [6.07, 6.45) is 7.46. The van der Waals surface area contributed by atoms with Gasteiger partial charge in [0.2, 0.25) is 5.91 Å². The van der Waals surface area contributed by atoms with E-state index in [0.29, 0.717) is 17.7 Å². The highest BCUT2D eigenvalue weighted by molar-refractivity contribution is 5.96. The molecular weight excluding hydrogens is 467 g/mol. The number of aliphatic carboxylic acids is 1. The molecule has 1 amide bonds. The molecule has 0 radical (unpaired) electrons. The Bertz CT molecular complexity index is 1270. The average Bonchev–Trinajstić information content (AvgIpc) is 2.88. The first-order chi connectivity index (χ1) is 17.7. The van der Waals surface area contributed by atoms with E-state index in [1.54, 1.807) is 6.07 Å². The highest BCUT2D eigenvalue weighted by Crippen LogP contribution is 2.41. The molecule has 0 saturated heterocycles. The second kappa shape index (κ2) is 11.4. The number of halogens is 1. The van der Waals surface area contributed by atoms with Gasteiger partial charge in [-0.15, -0.1) is 0 Å². The maximum absolute atomic E-state index is 14.2. The molecule has 192 valence electrons. The van der Waals surface area contributed by atoms with Crippen LogP contribution in [0.1, 0.15) is 43.2 Å². The Morgan fingerprint density at radius 3 is 2.16 bits per heavy atom. The summed E-state index contributed by atoms with van der Waals surface area (Å²) >= 11 is 0. The molecule has 0 heterocycles. The fourth-order valence-corrected chi connectivity index (χ4v) is 5.08. The fourth-order valence-electron chi connectivity index (χ4n) is 5.08. The minimum Gasteiger partial charge on any atom is -0.478 e. The van der Waals surface area contributed by atoms with Gasteiger partial charge in [-0.3, -0.25) is 4.79 Å². The zero-order chi connectivity index (χ0) is 26.4. The van der Waals surface area contributed by atoms with Gasteiger partial charge in [-0.05, 0) is 77.9 Å². The van der Waals surface area contributed by atoms with E-state index in [1.165, 1.54) is 18.2 Å². The Hall–Kier alpha value is -3.93. The standard InChI is InChI=1S/C31H33FN2O3/c1-34(2)28-13-11-25(12-14-28)24-9-6-22(7-10-24)21-31(16-4-3-5-17-31)30(37)33-27-19-23(8-15-29(35)36)18-26(32)20-27/h6-15,18-20H,3-5,16-17,21H2,1-2H3,(H,33,37)(H,35,36)/b15-8+. The molecular formula is C31H33FN2O3. The predicted molar refractivity (Wildman–Crippen MR) is 147 cm³/mol. The molecule has 0 atom stereocenters. The van der Waals surface area contributed by atoms with E-state index >= 15 is 0 Å². The van der Waals surface area contributed by atoms with Gasteiger partial charge in [-0.1, -0.05) is 55.7 Å². The molecule has 1 fully saturated rings. The van der Waals surface area contributed by atoms with Crippen molar-refractivity contribution in [3.8, 4) is 11.1 Å². The Balaban J connectivity index is 1.52. The quantitative estimate of drug-likeness (QED) is 0.334. The first-order valence-electron chi connectivity index (χ1n) is 12.6. The molecule has 0 spiro atoms. The van der Waals surface area contributed by atoms with Crippen LogP contribution in [0.2, 0.25) is 0 Å². The van der Waals surface area contributed by atoms with E-state index in [4.69, 9.17) is 5.11 Å². The average molecular weight is 501 g/mol. The molecule has 0 bridgehead atoms. The second-order valence-electron chi connectivity index (χ2n) is 10.1. The molecule has 1 aliphatic rings. The summed E-state index contributed by atoms with van der Waals surface area (Å²) in [5.74, 6) is -1.77. The number of anilines is 2. The van der Waals surface area contributed by atoms with Gasteiger partial charge in [-0.2, -0.15) is 0 Å². The van der Waals surface area contributed by atoms with Crippen LogP contribution in [0.3, 0.4) is 0 Å². The third kappa shape index (κ3) is 6.64. The molecule has 3 aromatic rings. The highest BCUT2D eigenvalue weighted by Gasteiger charge is 2.39. The third-order valence-electron chi connectivity index (χ3n) is 7.10. The Morgan fingerprint density at radius 2 is 1.57 bits per heavy atom. The van der Waals surface area contributed by atoms with Crippen LogP contribution in [0, 0.1) is 11.2 Å².